The summed E-state index contributed by atoms with van der Waals surface area (Å²) in [5.41, 5.74) is 1.77. The fourth-order valence-electron chi connectivity index (χ4n) is 1.74. The maximum atomic E-state index is 13.3. The molecule has 0 fully saturated rings. The molecule has 7 heteroatoms. The Morgan fingerprint density at radius 2 is 1.95 bits per heavy atom. The molecule has 1 aromatic heterocycles. The van der Waals surface area contributed by atoms with Gasteiger partial charge in [0.15, 0.2) is 5.75 Å². The first-order valence-electron chi connectivity index (χ1n) is 5.88. The molecule has 1 heterocycles. The standard InChI is InChI=1S/C13H13BFNO3S/c1-20-11-4-2-9(3-5-11)6-10-7-12(19-14(17)18)13(15)16-8-10/h2-5,7-8,17-18H,6H2,1H3. The average Bonchev–Trinajstić information content (AvgIpc) is 2.43. The van der Waals surface area contributed by atoms with Crippen LogP contribution >= 0.6 is 11.8 Å². The Bertz CT molecular complexity index is 580. The summed E-state index contributed by atoms with van der Waals surface area (Å²) in [6.45, 7) is 0. The minimum atomic E-state index is -2.07. The van der Waals surface area contributed by atoms with E-state index >= 15 is 0 Å². The van der Waals surface area contributed by atoms with E-state index < -0.39 is 13.3 Å². The summed E-state index contributed by atoms with van der Waals surface area (Å²) in [5, 5.41) is 17.4. The molecule has 0 atom stereocenters. The molecule has 0 aliphatic carbocycles. The molecule has 0 aliphatic heterocycles. The van der Waals surface area contributed by atoms with E-state index in [-0.39, 0.29) is 5.75 Å². The lowest BCUT2D eigenvalue weighted by atomic mass is 10.1. The van der Waals surface area contributed by atoms with Crippen LogP contribution in [0.3, 0.4) is 0 Å². The van der Waals surface area contributed by atoms with Gasteiger partial charge in [-0.15, -0.1) is 11.8 Å². The molecule has 0 amide bonds. The van der Waals surface area contributed by atoms with Crippen LogP contribution in [0.5, 0.6) is 5.75 Å². The van der Waals surface area contributed by atoms with Gasteiger partial charge in [0.1, 0.15) is 0 Å². The quantitative estimate of drug-likeness (QED) is 0.501. The predicted octanol–water partition coefficient (Wildman–Crippen LogP) is 1.88. The van der Waals surface area contributed by atoms with E-state index in [2.05, 4.69) is 9.64 Å². The zero-order valence-electron chi connectivity index (χ0n) is 10.8. The largest absolute Gasteiger partial charge is 0.707 e. The predicted molar refractivity (Wildman–Crippen MR) is 76.0 cm³/mol. The summed E-state index contributed by atoms with van der Waals surface area (Å²) in [6, 6.07) is 9.38. The van der Waals surface area contributed by atoms with Crippen molar-refractivity contribution in [2.45, 2.75) is 11.3 Å². The van der Waals surface area contributed by atoms with Crippen molar-refractivity contribution >= 4 is 19.1 Å². The molecule has 0 saturated heterocycles. The van der Waals surface area contributed by atoms with E-state index in [0.717, 1.165) is 11.1 Å². The van der Waals surface area contributed by atoms with Gasteiger partial charge in [0.25, 0.3) is 5.95 Å². The summed E-state index contributed by atoms with van der Waals surface area (Å²) in [4.78, 5) is 4.71. The van der Waals surface area contributed by atoms with Crippen molar-refractivity contribution in [1.29, 1.82) is 0 Å². The van der Waals surface area contributed by atoms with Crippen LogP contribution in [-0.4, -0.2) is 28.6 Å². The highest BCUT2D eigenvalue weighted by Gasteiger charge is 2.16. The second kappa shape index (κ2) is 6.74. The van der Waals surface area contributed by atoms with Crippen molar-refractivity contribution in [3.8, 4) is 5.75 Å². The molecular weight excluding hydrogens is 280 g/mol. The Labute approximate surface area is 120 Å². The maximum absolute atomic E-state index is 13.3. The van der Waals surface area contributed by atoms with Gasteiger partial charge >= 0.3 is 7.32 Å². The molecule has 0 aliphatic rings. The Morgan fingerprint density at radius 3 is 2.55 bits per heavy atom. The van der Waals surface area contributed by atoms with Crippen LogP contribution < -0.4 is 4.65 Å². The number of hydrogen-bond donors (Lipinski definition) is 2. The van der Waals surface area contributed by atoms with Crippen LogP contribution in [0.15, 0.2) is 41.4 Å². The zero-order chi connectivity index (χ0) is 14.5. The third-order valence-electron chi connectivity index (χ3n) is 2.66. The molecule has 0 spiro atoms. The van der Waals surface area contributed by atoms with E-state index in [1.165, 1.54) is 17.2 Å². The first kappa shape index (κ1) is 14.8. The van der Waals surface area contributed by atoms with Gasteiger partial charge in [-0.2, -0.15) is 4.39 Å². The second-order valence-corrected chi connectivity index (χ2v) is 4.98. The monoisotopic (exact) mass is 293 g/mol. The fourth-order valence-corrected chi connectivity index (χ4v) is 2.15. The van der Waals surface area contributed by atoms with Gasteiger partial charge in [0, 0.05) is 11.1 Å². The van der Waals surface area contributed by atoms with Gasteiger partial charge in [-0.1, -0.05) is 12.1 Å². The van der Waals surface area contributed by atoms with Crippen LogP contribution in [0.2, 0.25) is 0 Å². The number of halogens is 1. The van der Waals surface area contributed by atoms with Crippen LogP contribution in [-0.2, 0) is 6.42 Å². The van der Waals surface area contributed by atoms with E-state index in [4.69, 9.17) is 10.0 Å². The summed E-state index contributed by atoms with van der Waals surface area (Å²) < 4.78 is 17.8. The third-order valence-corrected chi connectivity index (χ3v) is 3.41. The van der Waals surface area contributed by atoms with Crippen LogP contribution in [0.1, 0.15) is 11.1 Å². The van der Waals surface area contributed by atoms with Gasteiger partial charge in [0.05, 0.1) is 0 Å². The lowest BCUT2D eigenvalue weighted by Gasteiger charge is -2.08. The van der Waals surface area contributed by atoms with E-state index in [0.29, 0.717) is 6.42 Å². The normalized spacial score (nSPS) is 10.4. The third kappa shape index (κ3) is 3.96. The number of rotatable bonds is 5. The molecule has 0 unspecified atom stereocenters. The summed E-state index contributed by atoms with van der Waals surface area (Å²) in [6.07, 6.45) is 3.96. The highest BCUT2D eigenvalue weighted by atomic mass is 32.2. The molecule has 2 aromatic rings. The van der Waals surface area contributed by atoms with Gasteiger partial charge in [-0.05, 0) is 42.0 Å². The van der Waals surface area contributed by atoms with Crippen molar-refractivity contribution in [1.82, 2.24) is 4.98 Å². The van der Waals surface area contributed by atoms with Crippen molar-refractivity contribution in [3.05, 3.63) is 53.6 Å². The van der Waals surface area contributed by atoms with Crippen LogP contribution in [0.4, 0.5) is 4.39 Å². The minimum absolute atomic E-state index is 0.279. The molecule has 104 valence electrons. The molecule has 2 N–H and O–H groups in total. The van der Waals surface area contributed by atoms with E-state index in [1.807, 2.05) is 30.5 Å². The van der Waals surface area contributed by atoms with Crippen LogP contribution in [0, 0.1) is 5.95 Å². The second-order valence-electron chi connectivity index (χ2n) is 4.10. The number of thioether (sulfide) groups is 1. The summed E-state index contributed by atoms with van der Waals surface area (Å²) in [5.74, 6) is -1.15. The number of pyridine rings is 1. The highest BCUT2D eigenvalue weighted by molar-refractivity contribution is 7.98. The van der Waals surface area contributed by atoms with E-state index in [9.17, 15) is 4.39 Å². The Hall–Kier alpha value is -1.57. The average molecular weight is 293 g/mol. The number of hydrogen-bond acceptors (Lipinski definition) is 5. The molecule has 0 bridgehead atoms. The topological polar surface area (TPSA) is 62.6 Å². The van der Waals surface area contributed by atoms with Gasteiger partial charge in [-0.3, -0.25) is 0 Å². The van der Waals surface area contributed by atoms with Crippen molar-refractivity contribution in [2.75, 3.05) is 6.26 Å². The number of aromatic nitrogens is 1. The highest BCUT2D eigenvalue weighted by Crippen LogP contribution is 2.20. The maximum Gasteiger partial charge on any atom is 0.707 e. The lowest BCUT2D eigenvalue weighted by molar-refractivity contribution is 0.279. The molecule has 4 nitrogen and oxygen atoms in total. The number of benzene rings is 1. The van der Waals surface area contributed by atoms with Gasteiger partial charge < -0.3 is 14.7 Å². The van der Waals surface area contributed by atoms with Gasteiger partial charge in [0.2, 0.25) is 0 Å². The van der Waals surface area contributed by atoms with E-state index in [1.54, 1.807) is 11.8 Å². The van der Waals surface area contributed by atoms with Crippen LogP contribution in [0.25, 0.3) is 0 Å². The molecule has 1 aromatic carbocycles. The zero-order valence-corrected chi connectivity index (χ0v) is 11.6. The Morgan fingerprint density at radius 1 is 1.25 bits per heavy atom. The summed E-state index contributed by atoms with van der Waals surface area (Å²) in [7, 11) is -2.07. The molecule has 0 radical (unpaired) electrons. The SMILES string of the molecule is CSc1ccc(Cc2cnc(F)c(OB(O)O)c2)cc1. The molecule has 2 rings (SSSR count). The first-order chi connectivity index (χ1) is 9.58. The minimum Gasteiger partial charge on any atom is -0.508 e. The molecular formula is C13H13BFNO3S. The molecule has 20 heavy (non-hydrogen) atoms. The Balaban J connectivity index is 2.16. The molecule has 0 saturated carbocycles. The van der Waals surface area contributed by atoms with Crippen molar-refractivity contribution in [3.63, 3.8) is 0 Å². The first-order valence-corrected chi connectivity index (χ1v) is 7.11. The van der Waals surface area contributed by atoms with Crippen molar-refractivity contribution < 1.29 is 19.1 Å². The lowest BCUT2D eigenvalue weighted by Crippen LogP contribution is -2.21. The summed E-state index contributed by atoms with van der Waals surface area (Å²) >= 11 is 1.66. The van der Waals surface area contributed by atoms with Gasteiger partial charge in [-0.25, -0.2) is 4.98 Å². The fraction of sp³-hybridized carbons (Fsp3) is 0.154. The smallest absolute Gasteiger partial charge is 0.508 e. The number of nitrogens with zero attached hydrogens (tertiary/aromatic N) is 1. The van der Waals surface area contributed by atoms with Crippen molar-refractivity contribution in [2.24, 2.45) is 0 Å². The Kier molecular flexibility index (Phi) is 5.00.